The second kappa shape index (κ2) is 5.65. The number of carbonyl (C=O) groups is 1. The summed E-state index contributed by atoms with van der Waals surface area (Å²) in [7, 11) is 0. The van der Waals surface area contributed by atoms with Gasteiger partial charge in [-0.1, -0.05) is 13.8 Å². The van der Waals surface area contributed by atoms with Gasteiger partial charge in [-0.15, -0.1) is 12.4 Å². The predicted molar refractivity (Wildman–Crippen MR) is 84.8 cm³/mol. The van der Waals surface area contributed by atoms with Crippen LogP contribution in [0.3, 0.4) is 0 Å². The molecule has 110 valence electrons. The van der Waals surface area contributed by atoms with Gasteiger partial charge in [-0.3, -0.25) is 4.79 Å². The molecule has 1 amide bonds. The number of hydrogen-bond donors (Lipinski definition) is 1. The number of anilines is 1. The lowest BCUT2D eigenvalue weighted by atomic mass is 9.82. The Balaban J connectivity index is 0.00000147. The molecule has 1 aromatic rings. The van der Waals surface area contributed by atoms with E-state index in [2.05, 4.69) is 25.2 Å². The lowest BCUT2D eigenvalue weighted by Crippen LogP contribution is -2.41. The number of fused-ring (bicyclic) bond motifs is 1. The van der Waals surface area contributed by atoms with Gasteiger partial charge in [0, 0.05) is 30.9 Å². The van der Waals surface area contributed by atoms with Gasteiger partial charge in [0.1, 0.15) is 0 Å². The van der Waals surface area contributed by atoms with Crippen LogP contribution in [-0.2, 0) is 6.42 Å². The van der Waals surface area contributed by atoms with Crippen molar-refractivity contribution in [2.24, 2.45) is 5.41 Å². The molecule has 0 atom stereocenters. The van der Waals surface area contributed by atoms with Gasteiger partial charge >= 0.3 is 0 Å². The third-order valence-electron chi connectivity index (χ3n) is 4.47. The molecular weight excluding hydrogens is 272 g/mol. The number of nitrogens with zero attached hydrogens (tertiary/aromatic N) is 1. The van der Waals surface area contributed by atoms with Crippen LogP contribution in [0.15, 0.2) is 18.2 Å². The van der Waals surface area contributed by atoms with E-state index in [0.29, 0.717) is 5.41 Å². The zero-order valence-corrected chi connectivity index (χ0v) is 13.1. The molecule has 1 aromatic carbocycles. The van der Waals surface area contributed by atoms with Crippen LogP contribution >= 0.6 is 12.4 Å². The molecule has 3 rings (SSSR count). The van der Waals surface area contributed by atoms with E-state index in [-0.39, 0.29) is 18.3 Å². The molecule has 20 heavy (non-hydrogen) atoms. The first-order chi connectivity index (χ1) is 9.05. The summed E-state index contributed by atoms with van der Waals surface area (Å²) in [6.45, 7) is 7.35. The summed E-state index contributed by atoms with van der Waals surface area (Å²) in [5.74, 6) is 0.199. The molecule has 0 radical (unpaired) electrons. The van der Waals surface area contributed by atoms with Crippen LogP contribution in [0.5, 0.6) is 0 Å². The van der Waals surface area contributed by atoms with Crippen LogP contribution < -0.4 is 5.32 Å². The minimum Gasteiger partial charge on any atom is -0.384 e. The highest BCUT2D eigenvalue weighted by atomic mass is 35.5. The lowest BCUT2D eigenvalue weighted by molar-refractivity contribution is 0.0630. The summed E-state index contributed by atoms with van der Waals surface area (Å²) in [5, 5.41) is 3.33. The van der Waals surface area contributed by atoms with Crippen molar-refractivity contribution in [2.45, 2.75) is 33.1 Å². The summed E-state index contributed by atoms with van der Waals surface area (Å²) in [6.07, 6.45) is 3.24. The van der Waals surface area contributed by atoms with Gasteiger partial charge in [-0.25, -0.2) is 0 Å². The maximum atomic E-state index is 12.5. The lowest BCUT2D eigenvalue weighted by Gasteiger charge is -2.37. The molecule has 0 aromatic heterocycles. The highest BCUT2D eigenvalue weighted by Gasteiger charge is 2.28. The number of piperidine rings is 1. The third-order valence-corrected chi connectivity index (χ3v) is 4.47. The molecule has 0 saturated carbocycles. The molecule has 4 heteroatoms. The largest absolute Gasteiger partial charge is 0.384 e. The molecule has 0 unspecified atom stereocenters. The third kappa shape index (κ3) is 2.93. The first kappa shape index (κ1) is 15.2. The second-order valence-electron chi connectivity index (χ2n) is 6.51. The Morgan fingerprint density at radius 1 is 1.25 bits per heavy atom. The van der Waals surface area contributed by atoms with Gasteiger partial charge < -0.3 is 10.2 Å². The summed E-state index contributed by atoms with van der Waals surface area (Å²) in [4.78, 5) is 14.5. The molecule has 0 aliphatic carbocycles. The van der Waals surface area contributed by atoms with E-state index in [1.807, 2.05) is 17.0 Å². The molecule has 2 aliphatic rings. The highest BCUT2D eigenvalue weighted by Crippen LogP contribution is 2.31. The molecule has 1 N–H and O–H groups in total. The van der Waals surface area contributed by atoms with Crippen molar-refractivity contribution in [1.82, 2.24) is 4.90 Å². The highest BCUT2D eigenvalue weighted by molar-refractivity contribution is 5.95. The van der Waals surface area contributed by atoms with Gasteiger partial charge in [0.15, 0.2) is 0 Å². The Hall–Kier alpha value is -1.22. The van der Waals surface area contributed by atoms with Crippen molar-refractivity contribution < 1.29 is 4.79 Å². The summed E-state index contributed by atoms with van der Waals surface area (Å²) >= 11 is 0. The predicted octanol–water partition coefficient (Wildman–Crippen LogP) is 3.34. The molecule has 0 spiro atoms. The Morgan fingerprint density at radius 2 is 1.95 bits per heavy atom. The van der Waals surface area contributed by atoms with E-state index in [0.717, 1.165) is 44.5 Å². The quantitative estimate of drug-likeness (QED) is 0.861. The smallest absolute Gasteiger partial charge is 0.253 e. The van der Waals surface area contributed by atoms with Crippen LogP contribution in [0.4, 0.5) is 5.69 Å². The number of carbonyl (C=O) groups excluding carboxylic acids is 1. The van der Waals surface area contributed by atoms with Gasteiger partial charge in [-0.2, -0.15) is 0 Å². The van der Waals surface area contributed by atoms with Crippen molar-refractivity contribution >= 4 is 24.0 Å². The van der Waals surface area contributed by atoms with Gasteiger partial charge in [0.05, 0.1) is 0 Å². The molecular formula is C16H23ClN2O. The fraction of sp³-hybridized carbons (Fsp3) is 0.562. The van der Waals surface area contributed by atoms with Gasteiger partial charge in [0.25, 0.3) is 5.91 Å². The van der Waals surface area contributed by atoms with Crippen LogP contribution in [0.2, 0.25) is 0 Å². The minimum absolute atomic E-state index is 0. The van der Waals surface area contributed by atoms with Crippen molar-refractivity contribution in [1.29, 1.82) is 0 Å². The first-order valence-corrected chi connectivity index (χ1v) is 7.21. The summed E-state index contributed by atoms with van der Waals surface area (Å²) in [5.41, 5.74) is 3.71. The van der Waals surface area contributed by atoms with E-state index in [1.54, 1.807) is 0 Å². The van der Waals surface area contributed by atoms with Crippen molar-refractivity contribution in [2.75, 3.05) is 25.0 Å². The van der Waals surface area contributed by atoms with Gasteiger partial charge in [0.2, 0.25) is 0 Å². The Bertz CT molecular complexity index is 503. The summed E-state index contributed by atoms with van der Waals surface area (Å²) < 4.78 is 0. The topological polar surface area (TPSA) is 32.3 Å². The SMILES string of the molecule is CC1(C)CCN(C(=O)c2ccc3c(c2)CCN3)CC1.Cl. The zero-order chi connectivity index (χ0) is 13.5. The average Bonchev–Trinajstić information content (AvgIpc) is 2.85. The Kier molecular flexibility index (Phi) is 4.28. The number of likely N-dealkylation sites (tertiary alicyclic amines) is 1. The molecule has 0 bridgehead atoms. The van der Waals surface area contributed by atoms with E-state index in [9.17, 15) is 4.79 Å². The van der Waals surface area contributed by atoms with Crippen molar-refractivity contribution in [3.63, 3.8) is 0 Å². The molecule has 2 aliphatic heterocycles. The van der Waals surface area contributed by atoms with Gasteiger partial charge in [-0.05, 0) is 48.4 Å². The number of hydrogen-bond acceptors (Lipinski definition) is 2. The van der Waals surface area contributed by atoms with Crippen LogP contribution in [-0.4, -0.2) is 30.4 Å². The number of nitrogens with one attached hydrogen (secondary N) is 1. The fourth-order valence-electron chi connectivity index (χ4n) is 2.94. The minimum atomic E-state index is 0. The first-order valence-electron chi connectivity index (χ1n) is 7.21. The van der Waals surface area contributed by atoms with E-state index in [1.165, 1.54) is 11.3 Å². The average molecular weight is 295 g/mol. The number of amides is 1. The molecule has 3 nitrogen and oxygen atoms in total. The number of rotatable bonds is 1. The van der Waals surface area contributed by atoms with Crippen molar-refractivity contribution in [3.05, 3.63) is 29.3 Å². The molecule has 1 saturated heterocycles. The monoisotopic (exact) mass is 294 g/mol. The van der Waals surface area contributed by atoms with E-state index in [4.69, 9.17) is 0 Å². The normalized spacial score (nSPS) is 19.8. The Labute approximate surface area is 127 Å². The van der Waals surface area contributed by atoms with Crippen molar-refractivity contribution in [3.8, 4) is 0 Å². The summed E-state index contributed by atoms with van der Waals surface area (Å²) in [6, 6.07) is 6.07. The Morgan fingerprint density at radius 3 is 2.65 bits per heavy atom. The standard InChI is InChI=1S/C16H22N2O.ClH/c1-16(2)6-9-18(10-7-16)15(19)13-3-4-14-12(11-13)5-8-17-14;/h3-4,11,17H,5-10H2,1-2H3;1H. The number of halogens is 1. The van der Waals surface area contributed by atoms with Crippen LogP contribution in [0.1, 0.15) is 42.6 Å². The maximum Gasteiger partial charge on any atom is 0.253 e. The fourth-order valence-corrected chi connectivity index (χ4v) is 2.94. The second-order valence-corrected chi connectivity index (χ2v) is 6.51. The maximum absolute atomic E-state index is 12.5. The van der Waals surface area contributed by atoms with Crippen LogP contribution in [0, 0.1) is 5.41 Å². The number of benzene rings is 1. The van der Waals surface area contributed by atoms with Crippen LogP contribution in [0.25, 0.3) is 0 Å². The van der Waals surface area contributed by atoms with E-state index < -0.39 is 0 Å². The zero-order valence-electron chi connectivity index (χ0n) is 12.2. The van der Waals surface area contributed by atoms with E-state index >= 15 is 0 Å². The molecule has 1 fully saturated rings. The molecule has 2 heterocycles.